The first-order valence-corrected chi connectivity index (χ1v) is 13.7. The molecule has 9 nitrogen and oxygen atoms in total. The maximum atomic E-state index is 13.8. The Bertz CT molecular complexity index is 1370. The summed E-state index contributed by atoms with van der Waals surface area (Å²) in [7, 11) is 1.38. The molecule has 4 rings (SSSR count). The van der Waals surface area contributed by atoms with Gasteiger partial charge in [0.25, 0.3) is 0 Å². The topological polar surface area (TPSA) is 104 Å². The number of likely N-dealkylation sites (tertiary alicyclic amines) is 1. The van der Waals surface area contributed by atoms with Crippen LogP contribution in [0.25, 0.3) is 11.0 Å². The third-order valence-corrected chi connectivity index (χ3v) is 7.21. The molecule has 0 amide bonds. The lowest BCUT2D eigenvalue weighted by molar-refractivity contribution is 0.0601. The van der Waals surface area contributed by atoms with Gasteiger partial charge in [0.15, 0.2) is 0 Å². The van der Waals surface area contributed by atoms with Crippen molar-refractivity contribution in [1.29, 1.82) is 0 Å². The van der Waals surface area contributed by atoms with Crippen molar-refractivity contribution in [3.05, 3.63) is 76.0 Å². The number of carbonyl (C=O) groups is 1. The van der Waals surface area contributed by atoms with Crippen molar-refractivity contribution in [3.63, 3.8) is 0 Å². The van der Waals surface area contributed by atoms with Crippen LogP contribution in [0.1, 0.15) is 41.5 Å². The number of hydrogen-bond donors (Lipinski definition) is 1. The second-order valence-electron chi connectivity index (χ2n) is 9.55. The van der Waals surface area contributed by atoms with Crippen LogP contribution in [-0.2, 0) is 34.0 Å². The summed E-state index contributed by atoms with van der Waals surface area (Å²) in [6.45, 7) is 6.22. The number of ether oxygens (including phenoxy) is 2. The number of methoxy groups -OCH3 is 1. The van der Waals surface area contributed by atoms with Gasteiger partial charge in [-0.1, -0.05) is 22.8 Å². The number of halogens is 2. The first-order chi connectivity index (χ1) is 19.4. The number of fused-ring (bicyclic) bond motifs is 1. The van der Waals surface area contributed by atoms with E-state index in [2.05, 4.69) is 14.6 Å². The monoisotopic (exact) mass is 571 g/mol. The Morgan fingerprint density at radius 1 is 1.25 bits per heavy atom. The van der Waals surface area contributed by atoms with Crippen molar-refractivity contribution in [2.24, 2.45) is 16.8 Å². The lowest BCUT2D eigenvalue weighted by Gasteiger charge is -2.32. The van der Waals surface area contributed by atoms with Crippen LogP contribution in [0.2, 0.25) is 5.02 Å². The third kappa shape index (κ3) is 7.59. The number of piperidine rings is 1. The second-order valence-corrected chi connectivity index (χ2v) is 9.99. The van der Waals surface area contributed by atoms with Crippen LogP contribution >= 0.6 is 11.6 Å². The number of esters is 1. The van der Waals surface area contributed by atoms with Crippen LogP contribution in [0.15, 0.2) is 53.3 Å². The number of aromatic nitrogens is 2. The molecule has 0 spiro atoms. The van der Waals surface area contributed by atoms with Crippen molar-refractivity contribution < 1.29 is 23.5 Å². The molecular weight excluding hydrogens is 537 g/mol. The lowest BCUT2D eigenvalue weighted by Crippen LogP contribution is -2.35. The van der Waals surface area contributed by atoms with E-state index in [0.717, 1.165) is 48.5 Å². The minimum absolute atomic E-state index is 0.00494. The van der Waals surface area contributed by atoms with E-state index in [0.29, 0.717) is 42.5 Å². The fourth-order valence-corrected chi connectivity index (χ4v) is 4.91. The lowest BCUT2D eigenvalue weighted by atomic mass is 9.93. The average Bonchev–Trinajstić information content (AvgIpc) is 3.29. The molecule has 40 heavy (non-hydrogen) atoms. The molecule has 11 heteroatoms. The molecule has 0 bridgehead atoms. The van der Waals surface area contributed by atoms with Gasteiger partial charge in [0.1, 0.15) is 18.2 Å². The Morgan fingerprint density at radius 2 is 2.05 bits per heavy atom. The van der Waals surface area contributed by atoms with Gasteiger partial charge in [-0.15, -0.1) is 0 Å². The Kier molecular flexibility index (Phi) is 10.5. The van der Waals surface area contributed by atoms with Crippen LogP contribution in [0.4, 0.5) is 4.39 Å². The summed E-state index contributed by atoms with van der Waals surface area (Å²) in [5.74, 6) is 0.358. The van der Waals surface area contributed by atoms with Gasteiger partial charge in [-0.2, -0.15) is 0 Å². The van der Waals surface area contributed by atoms with Gasteiger partial charge in [-0.3, -0.25) is 4.90 Å². The second kappa shape index (κ2) is 14.2. The Labute approximate surface area is 238 Å². The minimum atomic E-state index is -0.430. The van der Waals surface area contributed by atoms with Gasteiger partial charge in [-0.25, -0.2) is 14.2 Å². The number of nitrogens with zero attached hydrogens (tertiary/aromatic N) is 4. The highest BCUT2D eigenvalue weighted by Crippen LogP contribution is 2.25. The summed E-state index contributed by atoms with van der Waals surface area (Å²) in [6, 6.07) is 9.85. The first-order valence-electron chi connectivity index (χ1n) is 13.3. The van der Waals surface area contributed by atoms with E-state index in [-0.39, 0.29) is 18.5 Å². The number of rotatable bonds is 12. The van der Waals surface area contributed by atoms with E-state index >= 15 is 0 Å². The van der Waals surface area contributed by atoms with Gasteiger partial charge in [0, 0.05) is 35.4 Å². The zero-order chi connectivity index (χ0) is 28.5. The van der Waals surface area contributed by atoms with Gasteiger partial charge in [0.05, 0.1) is 43.1 Å². The number of hydrogen-bond acceptors (Lipinski definition) is 8. The van der Waals surface area contributed by atoms with E-state index in [1.54, 1.807) is 24.3 Å². The average molecular weight is 572 g/mol. The molecule has 3 aromatic rings. The minimum Gasteiger partial charge on any atom is -0.465 e. The summed E-state index contributed by atoms with van der Waals surface area (Å²) in [6.07, 6.45) is 5.04. The van der Waals surface area contributed by atoms with Crippen LogP contribution < -0.4 is 5.73 Å². The predicted octanol–water partition coefficient (Wildman–Crippen LogP) is 4.91. The molecule has 1 saturated heterocycles. The number of imidazole rings is 1. The fraction of sp³-hybridized carbons (Fsp3) is 0.414. The fourth-order valence-electron chi connectivity index (χ4n) is 4.75. The Hall–Kier alpha value is -3.47. The van der Waals surface area contributed by atoms with E-state index in [9.17, 15) is 9.18 Å². The van der Waals surface area contributed by atoms with Crippen molar-refractivity contribution in [2.75, 3.05) is 33.4 Å². The predicted molar refractivity (Wildman–Crippen MR) is 153 cm³/mol. The molecule has 1 fully saturated rings. The molecule has 0 atom stereocenters. The van der Waals surface area contributed by atoms with Crippen molar-refractivity contribution in [2.45, 2.75) is 39.5 Å². The summed E-state index contributed by atoms with van der Waals surface area (Å²) >= 11 is 5.77. The largest absolute Gasteiger partial charge is 0.465 e. The third-order valence-electron chi connectivity index (χ3n) is 6.97. The molecule has 2 N–H and O–H groups in total. The molecule has 1 aromatic heterocycles. The van der Waals surface area contributed by atoms with E-state index in [4.69, 9.17) is 36.6 Å². The van der Waals surface area contributed by atoms with Gasteiger partial charge in [0.2, 0.25) is 0 Å². The van der Waals surface area contributed by atoms with Crippen LogP contribution in [0.3, 0.4) is 0 Å². The highest BCUT2D eigenvalue weighted by atomic mass is 35.5. The molecular formula is C29H35ClFN5O4. The molecule has 2 heterocycles. The molecule has 2 aromatic carbocycles. The van der Waals surface area contributed by atoms with E-state index in [1.165, 1.54) is 19.4 Å². The maximum Gasteiger partial charge on any atom is 0.337 e. The highest BCUT2D eigenvalue weighted by Gasteiger charge is 2.23. The Morgan fingerprint density at radius 3 is 2.77 bits per heavy atom. The standard InChI is InChI=1S/C29H35ClFN5O4/c1-3-39-15-14-36-27-16-21(29(37)38-2)5-7-26(27)34-28(36)18-35-12-9-20(10-13-35)25(32)8-11-33-40-19-22-4-6-23(30)17-24(22)31/h4-8,11,16-17,20H,3,9-10,12-15,18-19,32H2,1-2H3/b25-8-,33-11+. The molecule has 0 unspecified atom stereocenters. The summed E-state index contributed by atoms with van der Waals surface area (Å²) in [5.41, 5.74) is 9.66. The zero-order valence-electron chi connectivity index (χ0n) is 22.8. The van der Waals surface area contributed by atoms with Crippen molar-refractivity contribution >= 4 is 34.8 Å². The summed E-state index contributed by atoms with van der Waals surface area (Å²) < 4.78 is 26.5. The van der Waals surface area contributed by atoms with Crippen LogP contribution in [0, 0.1) is 11.7 Å². The summed E-state index contributed by atoms with van der Waals surface area (Å²) in [4.78, 5) is 24.5. The highest BCUT2D eigenvalue weighted by molar-refractivity contribution is 6.30. The molecule has 0 aliphatic carbocycles. The van der Waals surface area contributed by atoms with Crippen molar-refractivity contribution in [3.8, 4) is 0 Å². The van der Waals surface area contributed by atoms with E-state index < -0.39 is 5.82 Å². The van der Waals surface area contributed by atoms with Crippen LogP contribution in [0.5, 0.6) is 0 Å². The number of nitrogens with two attached hydrogens (primary N) is 1. The molecule has 0 radical (unpaired) electrons. The van der Waals surface area contributed by atoms with Gasteiger partial charge >= 0.3 is 5.97 Å². The molecule has 214 valence electrons. The van der Waals surface area contributed by atoms with Gasteiger partial charge < -0.3 is 24.6 Å². The van der Waals surface area contributed by atoms with Crippen LogP contribution in [-0.4, -0.2) is 60.0 Å². The normalized spacial score (nSPS) is 15.2. The number of allylic oxidation sites excluding steroid dienone is 2. The number of benzene rings is 2. The zero-order valence-corrected chi connectivity index (χ0v) is 23.6. The smallest absolute Gasteiger partial charge is 0.337 e. The summed E-state index contributed by atoms with van der Waals surface area (Å²) in [5, 5.41) is 4.21. The number of oxime groups is 1. The molecule has 1 aliphatic heterocycles. The Balaban J connectivity index is 1.33. The number of carbonyl (C=O) groups excluding carboxylic acids is 1. The van der Waals surface area contributed by atoms with Crippen molar-refractivity contribution in [1.82, 2.24) is 14.5 Å². The van der Waals surface area contributed by atoms with E-state index in [1.807, 2.05) is 19.1 Å². The first kappa shape index (κ1) is 29.5. The molecule has 1 aliphatic rings. The maximum absolute atomic E-state index is 13.8. The van der Waals surface area contributed by atoms with Gasteiger partial charge in [-0.05, 0) is 69.3 Å². The molecule has 0 saturated carbocycles. The quantitative estimate of drug-likeness (QED) is 0.143. The SMILES string of the molecule is CCOCCn1c(CN2CCC(/C(N)=C/C=N/OCc3ccc(Cl)cc3F)CC2)nc2ccc(C(=O)OC)cc21.